The van der Waals surface area contributed by atoms with Crippen LogP contribution in [0.2, 0.25) is 5.02 Å². The lowest BCUT2D eigenvalue weighted by atomic mass is 10.1. The fourth-order valence-electron chi connectivity index (χ4n) is 2.42. The number of nitrogens with one attached hydrogen (secondary N) is 1. The molecular formula is C12H14ClN3O2S. The number of carbonyl (C=O) groups excluding carboxylic acids is 1. The third-order valence-corrected chi connectivity index (χ3v) is 5.09. The number of halogens is 1. The molecule has 2 aliphatic rings. The average Bonchev–Trinajstić information content (AvgIpc) is 2.66. The van der Waals surface area contributed by atoms with Crippen LogP contribution in [0.5, 0.6) is 0 Å². The van der Waals surface area contributed by atoms with E-state index in [9.17, 15) is 9.00 Å². The minimum atomic E-state index is -0.726. The zero-order valence-electron chi connectivity index (χ0n) is 10.2. The third kappa shape index (κ3) is 2.24. The molecule has 0 bridgehead atoms. The van der Waals surface area contributed by atoms with Crippen molar-refractivity contribution in [3.05, 3.63) is 22.7 Å². The summed E-state index contributed by atoms with van der Waals surface area (Å²) in [5.74, 6) is 1.10. The van der Waals surface area contributed by atoms with Gasteiger partial charge >= 0.3 is 0 Å². The highest BCUT2D eigenvalue weighted by Crippen LogP contribution is 2.38. The number of rotatable bonds is 1. The molecular weight excluding hydrogens is 286 g/mol. The Morgan fingerprint density at radius 1 is 1.37 bits per heavy atom. The smallest absolute Gasteiger partial charge is 0.245 e. The first kappa shape index (κ1) is 12.9. The van der Waals surface area contributed by atoms with Crippen LogP contribution in [0.4, 0.5) is 11.4 Å². The highest BCUT2D eigenvalue weighted by atomic mass is 35.5. The van der Waals surface area contributed by atoms with E-state index in [0.29, 0.717) is 29.6 Å². The van der Waals surface area contributed by atoms with E-state index < -0.39 is 16.8 Å². The van der Waals surface area contributed by atoms with E-state index in [0.717, 1.165) is 16.9 Å². The lowest BCUT2D eigenvalue weighted by Crippen LogP contribution is -2.37. The van der Waals surface area contributed by atoms with Gasteiger partial charge in [0.15, 0.2) is 0 Å². The highest BCUT2D eigenvalue weighted by Gasteiger charge is 2.29. The summed E-state index contributed by atoms with van der Waals surface area (Å²) in [5, 5.41) is 3.34. The largest absolute Gasteiger partial charge is 0.368 e. The van der Waals surface area contributed by atoms with E-state index in [2.05, 4.69) is 10.2 Å². The zero-order chi connectivity index (χ0) is 13.6. The van der Waals surface area contributed by atoms with Crippen LogP contribution in [0.15, 0.2) is 12.1 Å². The van der Waals surface area contributed by atoms with E-state index in [4.69, 9.17) is 17.3 Å². The summed E-state index contributed by atoms with van der Waals surface area (Å²) in [6.07, 6.45) is 0. The van der Waals surface area contributed by atoms with Crippen LogP contribution >= 0.6 is 11.6 Å². The van der Waals surface area contributed by atoms with Gasteiger partial charge in [0.05, 0.1) is 10.7 Å². The summed E-state index contributed by atoms with van der Waals surface area (Å²) in [4.78, 5) is 13.6. The van der Waals surface area contributed by atoms with E-state index in [1.54, 1.807) is 6.07 Å². The van der Waals surface area contributed by atoms with Gasteiger partial charge in [0.1, 0.15) is 6.04 Å². The summed E-state index contributed by atoms with van der Waals surface area (Å²) < 4.78 is 11.4. The summed E-state index contributed by atoms with van der Waals surface area (Å²) in [7, 11) is -0.726. The number of nitrogens with two attached hydrogens (primary N) is 1. The molecule has 1 unspecified atom stereocenters. The van der Waals surface area contributed by atoms with Crippen LogP contribution in [0.25, 0.3) is 0 Å². The molecule has 2 aliphatic heterocycles. The molecule has 1 aromatic carbocycles. The molecule has 5 nitrogen and oxygen atoms in total. The van der Waals surface area contributed by atoms with E-state index in [-0.39, 0.29) is 5.91 Å². The van der Waals surface area contributed by atoms with Crippen LogP contribution in [0.1, 0.15) is 11.6 Å². The van der Waals surface area contributed by atoms with Crippen molar-refractivity contribution in [2.45, 2.75) is 6.04 Å². The normalized spacial score (nSPS) is 23.4. The average molecular weight is 300 g/mol. The minimum absolute atomic E-state index is 0.206. The quantitative estimate of drug-likeness (QED) is 0.806. The number of anilines is 2. The molecule has 1 atom stereocenters. The first-order chi connectivity index (χ1) is 9.06. The molecule has 19 heavy (non-hydrogen) atoms. The van der Waals surface area contributed by atoms with Gasteiger partial charge in [-0.2, -0.15) is 0 Å². The van der Waals surface area contributed by atoms with Gasteiger partial charge in [-0.1, -0.05) is 11.6 Å². The number of amides is 1. The van der Waals surface area contributed by atoms with Crippen LogP contribution < -0.4 is 16.0 Å². The Morgan fingerprint density at radius 3 is 2.74 bits per heavy atom. The molecule has 2 heterocycles. The Morgan fingerprint density at radius 2 is 2.05 bits per heavy atom. The monoisotopic (exact) mass is 299 g/mol. The number of fused-ring (bicyclic) bond motifs is 1. The molecule has 0 saturated carbocycles. The molecule has 0 aliphatic carbocycles. The topological polar surface area (TPSA) is 75.4 Å². The fourth-order valence-corrected chi connectivity index (χ4v) is 3.76. The second kappa shape index (κ2) is 4.77. The van der Waals surface area contributed by atoms with Crippen LogP contribution in [0.3, 0.4) is 0 Å². The summed E-state index contributed by atoms with van der Waals surface area (Å²) in [6.45, 7) is 1.43. The van der Waals surface area contributed by atoms with Crippen molar-refractivity contribution in [2.75, 3.05) is 34.8 Å². The Labute approximate surface area is 118 Å². The standard InChI is InChI=1S/C12H14ClN3O2S/c13-8-5-7-9(15-12(17)11(7)14)6-10(8)16-1-3-19(18)4-2-16/h5-6,11H,1-4,14H2,(H,15,17). The van der Waals surface area contributed by atoms with Crippen molar-refractivity contribution >= 4 is 39.7 Å². The number of benzene rings is 1. The second-order valence-electron chi connectivity index (χ2n) is 4.69. The molecule has 1 amide bonds. The summed E-state index contributed by atoms with van der Waals surface area (Å²) in [5.41, 5.74) is 8.11. The van der Waals surface area contributed by atoms with Gasteiger partial charge in [0, 0.05) is 46.6 Å². The molecule has 0 spiro atoms. The Balaban J connectivity index is 1.94. The van der Waals surface area contributed by atoms with E-state index >= 15 is 0 Å². The third-order valence-electron chi connectivity index (χ3n) is 3.51. The SMILES string of the molecule is NC1C(=O)Nc2cc(N3CCS(=O)CC3)c(Cl)cc21. The van der Waals surface area contributed by atoms with Crippen molar-refractivity contribution in [3.63, 3.8) is 0 Å². The van der Waals surface area contributed by atoms with Gasteiger partial charge in [-0.05, 0) is 12.1 Å². The molecule has 1 aromatic rings. The van der Waals surface area contributed by atoms with Gasteiger partial charge in [-0.15, -0.1) is 0 Å². The predicted molar refractivity (Wildman–Crippen MR) is 77.1 cm³/mol. The molecule has 3 rings (SSSR count). The Kier molecular flexibility index (Phi) is 3.24. The molecule has 7 heteroatoms. The van der Waals surface area contributed by atoms with Crippen molar-refractivity contribution in [2.24, 2.45) is 5.73 Å². The zero-order valence-corrected chi connectivity index (χ0v) is 11.8. The molecule has 0 aromatic heterocycles. The maximum absolute atomic E-state index is 11.5. The minimum Gasteiger partial charge on any atom is -0.368 e. The summed E-state index contributed by atoms with van der Waals surface area (Å²) >= 11 is 6.28. The number of hydrogen-bond donors (Lipinski definition) is 2. The van der Waals surface area contributed by atoms with Crippen LogP contribution in [-0.4, -0.2) is 34.7 Å². The van der Waals surface area contributed by atoms with Gasteiger partial charge in [-0.25, -0.2) is 0 Å². The maximum atomic E-state index is 11.5. The molecule has 3 N–H and O–H groups in total. The van der Waals surface area contributed by atoms with Crippen LogP contribution in [-0.2, 0) is 15.6 Å². The van der Waals surface area contributed by atoms with Crippen molar-refractivity contribution in [1.29, 1.82) is 0 Å². The van der Waals surface area contributed by atoms with Gasteiger partial charge in [0.25, 0.3) is 0 Å². The molecule has 1 saturated heterocycles. The predicted octanol–water partition coefficient (Wildman–Crippen LogP) is 0.861. The van der Waals surface area contributed by atoms with E-state index in [1.807, 2.05) is 6.07 Å². The first-order valence-electron chi connectivity index (χ1n) is 6.06. The highest BCUT2D eigenvalue weighted by molar-refractivity contribution is 7.85. The van der Waals surface area contributed by atoms with Crippen LogP contribution in [0, 0.1) is 0 Å². The Hall–Kier alpha value is -1.11. The number of hydrogen-bond acceptors (Lipinski definition) is 4. The van der Waals surface area contributed by atoms with Gasteiger partial charge in [0.2, 0.25) is 5.91 Å². The fraction of sp³-hybridized carbons (Fsp3) is 0.417. The molecule has 1 fully saturated rings. The first-order valence-corrected chi connectivity index (χ1v) is 7.92. The van der Waals surface area contributed by atoms with Crippen molar-refractivity contribution < 1.29 is 9.00 Å². The number of carbonyl (C=O) groups is 1. The van der Waals surface area contributed by atoms with E-state index in [1.165, 1.54) is 0 Å². The second-order valence-corrected chi connectivity index (χ2v) is 6.80. The summed E-state index contributed by atoms with van der Waals surface area (Å²) in [6, 6.07) is 2.97. The Bertz CT molecular complexity index is 568. The lowest BCUT2D eigenvalue weighted by Gasteiger charge is -2.29. The molecule has 0 radical (unpaired) electrons. The maximum Gasteiger partial charge on any atom is 0.245 e. The van der Waals surface area contributed by atoms with Gasteiger partial charge < -0.3 is 16.0 Å². The van der Waals surface area contributed by atoms with Crippen molar-refractivity contribution in [1.82, 2.24) is 0 Å². The van der Waals surface area contributed by atoms with Crippen molar-refractivity contribution in [3.8, 4) is 0 Å². The lowest BCUT2D eigenvalue weighted by molar-refractivity contribution is -0.116. The van der Waals surface area contributed by atoms with Gasteiger partial charge in [-0.3, -0.25) is 9.00 Å². The molecule has 102 valence electrons. The number of nitrogens with zero attached hydrogens (tertiary/aromatic N) is 1.